The highest BCUT2D eigenvalue weighted by molar-refractivity contribution is 6.30. The molecule has 0 aliphatic carbocycles. The van der Waals surface area contributed by atoms with Crippen LogP contribution >= 0.6 is 11.6 Å². The fourth-order valence-electron chi connectivity index (χ4n) is 3.41. The molecule has 1 aromatic carbocycles. The highest BCUT2D eigenvalue weighted by atomic mass is 35.5. The van der Waals surface area contributed by atoms with Gasteiger partial charge in [0.05, 0.1) is 12.5 Å². The molecule has 0 unspecified atom stereocenters. The van der Waals surface area contributed by atoms with Crippen molar-refractivity contribution in [3.8, 4) is 0 Å². The van der Waals surface area contributed by atoms with Crippen molar-refractivity contribution in [3.63, 3.8) is 0 Å². The number of benzene rings is 1. The third-order valence-corrected chi connectivity index (χ3v) is 5.15. The van der Waals surface area contributed by atoms with Crippen molar-refractivity contribution in [1.82, 2.24) is 35.3 Å². The number of allylic oxidation sites excluding steroid dienone is 1. The maximum atomic E-state index is 6.20. The number of halogens is 1. The maximum absolute atomic E-state index is 6.20. The van der Waals surface area contributed by atoms with Crippen molar-refractivity contribution >= 4 is 17.7 Å². The first-order valence-electron chi connectivity index (χ1n) is 9.42. The van der Waals surface area contributed by atoms with E-state index in [2.05, 4.69) is 37.1 Å². The monoisotopic (exact) mass is 411 g/mol. The van der Waals surface area contributed by atoms with Gasteiger partial charge in [0.2, 0.25) is 11.8 Å². The van der Waals surface area contributed by atoms with E-state index in [4.69, 9.17) is 16.0 Å². The van der Waals surface area contributed by atoms with Crippen LogP contribution in [-0.4, -0.2) is 48.4 Å². The zero-order chi connectivity index (χ0) is 20.4. The molecule has 4 rings (SSSR count). The van der Waals surface area contributed by atoms with Crippen LogP contribution in [0.1, 0.15) is 41.1 Å². The van der Waals surface area contributed by atoms with Crippen LogP contribution in [0.15, 0.2) is 41.0 Å². The average Bonchev–Trinajstić information content (AvgIpc) is 3.42. The normalized spacial score (nSPS) is 16.8. The van der Waals surface area contributed by atoms with E-state index < -0.39 is 0 Å². The summed E-state index contributed by atoms with van der Waals surface area (Å²) in [6.45, 7) is 10.1. The lowest BCUT2D eigenvalue weighted by Crippen LogP contribution is -2.17. The zero-order valence-corrected chi connectivity index (χ0v) is 17.2. The summed E-state index contributed by atoms with van der Waals surface area (Å²) in [5.41, 5.74) is 2.99. The molecule has 9 heteroatoms. The second kappa shape index (κ2) is 8.16. The Bertz CT molecular complexity index is 1050. The molecule has 1 aliphatic rings. The fourth-order valence-corrected chi connectivity index (χ4v) is 3.60. The van der Waals surface area contributed by atoms with E-state index in [1.165, 1.54) is 0 Å². The summed E-state index contributed by atoms with van der Waals surface area (Å²) in [5, 5.41) is 21.0. The molecule has 0 N–H and O–H groups in total. The zero-order valence-electron chi connectivity index (χ0n) is 16.4. The second-order valence-corrected chi connectivity index (χ2v) is 7.56. The Hall–Kier alpha value is -3.00. The van der Waals surface area contributed by atoms with Gasteiger partial charge in [0.15, 0.2) is 5.82 Å². The molecule has 8 nitrogen and oxygen atoms in total. The topological polar surface area (TPSA) is 85.8 Å². The van der Waals surface area contributed by atoms with Crippen molar-refractivity contribution in [2.75, 3.05) is 13.1 Å². The minimum absolute atomic E-state index is 0.245. The summed E-state index contributed by atoms with van der Waals surface area (Å²) in [6, 6.07) is 5.78. The summed E-state index contributed by atoms with van der Waals surface area (Å²) in [4.78, 5) is 3.79. The molecule has 3 heterocycles. The molecule has 0 saturated carbocycles. The Kier molecular flexibility index (Phi) is 5.44. The number of hydrogen-bond donors (Lipinski definition) is 0. The Balaban J connectivity index is 1.45. The summed E-state index contributed by atoms with van der Waals surface area (Å²) in [7, 11) is 0. The second-order valence-electron chi connectivity index (χ2n) is 7.13. The van der Waals surface area contributed by atoms with E-state index in [0.29, 0.717) is 29.2 Å². The van der Waals surface area contributed by atoms with Gasteiger partial charge >= 0.3 is 0 Å². The molecule has 1 fully saturated rings. The van der Waals surface area contributed by atoms with Crippen LogP contribution in [0.2, 0.25) is 5.02 Å². The SMILES string of the molecule is C=C(/C=C/c1ccc(Cl)cc1Cn1nnc(C)n1)N1CC[C@@H](c2nnc(C)o2)C1. The Morgan fingerprint density at radius 1 is 1.31 bits per heavy atom. The standard InChI is InChI=1S/C20H22ClN7O/c1-13(27-9-8-17(11-27)20-24-23-15(3)29-20)4-5-16-6-7-19(21)10-18(16)12-28-25-14(2)22-26-28/h4-7,10,17H,1,8-9,11-12H2,2-3H3/b5-4+/t17-/m1/s1. The van der Waals surface area contributed by atoms with Gasteiger partial charge in [0, 0.05) is 30.7 Å². The first-order valence-corrected chi connectivity index (χ1v) is 9.80. The van der Waals surface area contributed by atoms with Crippen molar-refractivity contribution in [3.05, 3.63) is 70.3 Å². The first-order chi connectivity index (χ1) is 14.0. The Morgan fingerprint density at radius 3 is 2.90 bits per heavy atom. The number of aromatic nitrogens is 6. The maximum Gasteiger partial charge on any atom is 0.221 e. The van der Waals surface area contributed by atoms with Gasteiger partial charge < -0.3 is 9.32 Å². The average molecular weight is 412 g/mol. The fraction of sp³-hybridized carbons (Fsp3) is 0.350. The third-order valence-electron chi connectivity index (χ3n) is 4.91. The predicted molar refractivity (Wildman–Crippen MR) is 109 cm³/mol. The molecule has 0 amide bonds. The van der Waals surface area contributed by atoms with Crippen LogP contribution in [0.5, 0.6) is 0 Å². The lowest BCUT2D eigenvalue weighted by Gasteiger charge is -2.18. The smallest absolute Gasteiger partial charge is 0.221 e. The molecule has 1 atom stereocenters. The predicted octanol–water partition coefficient (Wildman–Crippen LogP) is 3.39. The summed E-state index contributed by atoms with van der Waals surface area (Å²) >= 11 is 6.20. The van der Waals surface area contributed by atoms with Gasteiger partial charge in [-0.15, -0.1) is 20.4 Å². The van der Waals surface area contributed by atoms with Crippen LogP contribution in [0.25, 0.3) is 6.08 Å². The van der Waals surface area contributed by atoms with E-state index in [1.807, 2.05) is 44.2 Å². The van der Waals surface area contributed by atoms with Crippen molar-refractivity contribution in [2.45, 2.75) is 32.7 Å². The number of hydrogen-bond acceptors (Lipinski definition) is 7. The molecule has 150 valence electrons. The third kappa shape index (κ3) is 4.54. The molecule has 0 spiro atoms. The summed E-state index contributed by atoms with van der Waals surface area (Å²) < 4.78 is 5.58. The van der Waals surface area contributed by atoms with Gasteiger partial charge in [-0.3, -0.25) is 0 Å². The van der Waals surface area contributed by atoms with Gasteiger partial charge in [0.25, 0.3) is 0 Å². The van der Waals surface area contributed by atoms with E-state index in [0.717, 1.165) is 36.3 Å². The van der Waals surface area contributed by atoms with Crippen molar-refractivity contribution in [2.24, 2.45) is 0 Å². The molecule has 1 aliphatic heterocycles. The van der Waals surface area contributed by atoms with Crippen LogP contribution < -0.4 is 0 Å². The van der Waals surface area contributed by atoms with E-state index >= 15 is 0 Å². The molecular weight excluding hydrogens is 390 g/mol. The van der Waals surface area contributed by atoms with Crippen LogP contribution in [0.3, 0.4) is 0 Å². The number of tetrazole rings is 1. The lowest BCUT2D eigenvalue weighted by atomic mass is 10.1. The number of rotatable bonds is 6. The Morgan fingerprint density at radius 2 is 2.17 bits per heavy atom. The van der Waals surface area contributed by atoms with Gasteiger partial charge in [-0.1, -0.05) is 30.3 Å². The van der Waals surface area contributed by atoms with Crippen LogP contribution in [-0.2, 0) is 6.54 Å². The summed E-state index contributed by atoms with van der Waals surface area (Å²) in [5.74, 6) is 2.19. The molecule has 1 saturated heterocycles. The molecule has 0 bridgehead atoms. The largest absolute Gasteiger partial charge is 0.425 e. The number of likely N-dealkylation sites (tertiary alicyclic amines) is 1. The minimum Gasteiger partial charge on any atom is -0.425 e. The molecule has 29 heavy (non-hydrogen) atoms. The van der Waals surface area contributed by atoms with Crippen molar-refractivity contribution in [1.29, 1.82) is 0 Å². The highest BCUT2D eigenvalue weighted by Crippen LogP contribution is 2.29. The van der Waals surface area contributed by atoms with Crippen LogP contribution in [0, 0.1) is 13.8 Å². The van der Waals surface area contributed by atoms with Gasteiger partial charge in [-0.25, -0.2) is 0 Å². The molecule has 3 aromatic rings. The molecule has 2 aromatic heterocycles. The quantitative estimate of drug-likeness (QED) is 0.574. The van der Waals surface area contributed by atoms with Gasteiger partial charge in [0.1, 0.15) is 0 Å². The molecular formula is C20H22ClN7O. The number of nitrogens with zero attached hydrogens (tertiary/aromatic N) is 7. The van der Waals surface area contributed by atoms with Gasteiger partial charge in [-0.2, -0.15) is 4.80 Å². The van der Waals surface area contributed by atoms with E-state index in [-0.39, 0.29) is 5.92 Å². The molecule has 0 radical (unpaired) electrons. The summed E-state index contributed by atoms with van der Waals surface area (Å²) in [6.07, 6.45) is 5.04. The van der Waals surface area contributed by atoms with Gasteiger partial charge in [-0.05, 0) is 47.9 Å². The van der Waals surface area contributed by atoms with E-state index in [9.17, 15) is 0 Å². The Labute approximate surface area is 173 Å². The van der Waals surface area contributed by atoms with Crippen molar-refractivity contribution < 1.29 is 4.42 Å². The van der Waals surface area contributed by atoms with E-state index in [1.54, 1.807) is 4.80 Å². The lowest BCUT2D eigenvalue weighted by molar-refractivity contribution is 0.401. The minimum atomic E-state index is 0.245. The van der Waals surface area contributed by atoms with Crippen LogP contribution in [0.4, 0.5) is 0 Å². The number of aryl methyl sites for hydroxylation is 2. The first kappa shape index (κ1) is 19.3. The highest BCUT2D eigenvalue weighted by Gasteiger charge is 2.28.